The van der Waals surface area contributed by atoms with Crippen LogP contribution in [0.3, 0.4) is 0 Å². The number of aromatic nitrogens is 6. The molecule has 0 radical (unpaired) electrons. The van der Waals surface area contributed by atoms with Gasteiger partial charge in [0.05, 0.1) is 55.5 Å². The summed E-state index contributed by atoms with van der Waals surface area (Å²) in [7, 11) is 0. The van der Waals surface area contributed by atoms with E-state index in [1.54, 1.807) is 0 Å². The molecule has 354 valence electrons. The third kappa shape index (κ3) is 6.22. The van der Waals surface area contributed by atoms with Crippen LogP contribution < -0.4 is 0 Å². The molecule has 5 aromatic heterocycles. The number of benzene rings is 11. The van der Waals surface area contributed by atoms with Crippen LogP contribution >= 0.6 is 0 Å². The van der Waals surface area contributed by atoms with E-state index in [4.69, 9.17) is 9.97 Å². The van der Waals surface area contributed by atoms with Crippen molar-refractivity contribution in [3.05, 3.63) is 267 Å². The molecule has 0 saturated carbocycles. The largest absolute Gasteiger partial charge is 0.309 e. The van der Waals surface area contributed by atoms with Gasteiger partial charge in [-0.15, -0.1) is 0 Å². The summed E-state index contributed by atoms with van der Waals surface area (Å²) in [6.07, 6.45) is 0. The summed E-state index contributed by atoms with van der Waals surface area (Å²) >= 11 is 0. The second kappa shape index (κ2) is 16.6. The monoisotopic (exact) mass is 968 g/mol. The third-order valence-electron chi connectivity index (χ3n) is 15.5. The van der Waals surface area contributed by atoms with Gasteiger partial charge >= 0.3 is 0 Å². The van der Waals surface area contributed by atoms with Gasteiger partial charge in [-0.05, 0) is 84.9 Å². The van der Waals surface area contributed by atoms with Crippen molar-refractivity contribution in [1.82, 2.24) is 28.2 Å². The molecule has 0 spiro atoms. The minimum atomic E-state index is 0.685. The average molecular weight is 969 g/mol. The molecular weight excluding hydrogens is 925 g/mol. The average Bonchev–Trinajstić information content (AvgIpc) is 4.43. The standard InChI is InChI=1S/C70H44N6/c1-6-21-45(22-7-1)58-44-59(72-70(71-58)46-23-8-2-9-24-46)55-33-20-34-56-65-64(75(67(55)56)49-29-14-5-15-30-49)42-39-53-52-32-17-19-36-61(52)76(68(53)65)50-37-40-62-57(43-50)66-63(73(62)47-25-10-3-11-26-47)41-38-54-51-31-16-18-35-60(51)74(69(54)66)48-27-12-4-13-28-48/h1-44H. The van der Waals surface area contributed by atoms with Crippen molar-refractivity contribution in [3.8, 4) is 56.7 Å². The van der Waals surface area contributed by atoms with Gasteiger partial charge < -0.3 is 18.3 Å². The number of hydrogen-bond acceptors (Lipinski definition) is 2. The first-order valence-electron chi connectivity index (χ1n) is 25.9. The van der Waals surface area contributed by atoms with Crippen molar-refractivity contribution in [2.75, 3.05) is 0 Å². The Morgan fingerprint density at radius 3 is 1.28 bits per heavy atom. The predicted molar refractivity (Wildman–Crippen MR) is 316 cm³/mol. The Hall–Kier alpha value is -10.3. The summed E-state index contributed by atoms with van der Waals surface area (Å²) in [5, 5.41) is 9.56. The fourth-order valence-corrected chi connectivity index (χ4v) is 12.4. The van der Waals surface area contributed by atoms with E-state index < -0.39 is 0 Å². The van der Waals surface area contributed by atoms with E-state index in [1.807, 2.05) is 12.1 Å². The van der Waals surface area contributed by atoms with Gasteiger partial charge in [0.25, 0.3) is 0 Å². The van der Waals surface area contributed by atoms with Gasteiger partial charge in [0.2, 0.25) is 0 Å². The third-order valence-corrected chi connectivity index (χ3v) is 15.5. The molecule has 0 saturated heterocycles. The topological polar surface area (TPSA) is 45.5 Å². The molecule has 6 heteroatoms. The summed E-state index contributed by atoms with van der Waals surface area (Å²) in [5.41, 5.74) is 18.4. The first-order chi connectivity index (χ1) is 37.7. The van der Waals surface area contributed by atoms with Crippen molar-refractivity contribution >= 4 is 87.2 Å². The molecule has 0 aliphatic rings. The summed E-state index contributed by atoms with van der Waals surface area (Å²) < 4.78 is 9.89. The Kier molecular flexibility index (Phi) is 9.23. The number of para-hydroxylation sites is 6. The molecule has 76 heavy (non-hydrogen) atoms. The maximum atomic E-state index is 5.42. The normalized spacial score (nSPS) is 11.9. The van der Waals surface area contributed by atoms with Gasteiger partial charge in [0.1, 0.15) is 0 Å². The lowest BCUT2D eigenvalue weighted by atomic mass is 10.0. The highest BCUT2D eigenvalue weighted by Crippen LogP contribution is 2.47. The molecule has 0 aliphatic carbocycles. The smallest absolute Gasteiger partial charge is 0.160 e. The van der Waals surface area contributed by atoms with E-state index in [-0.39, 0.29) is 0 Å². The Morgan fingerprint density at radius 2 is 0.671 bits per heavy atom. The molecule has 0 unspecified atom stereocenters. The van der Waals surface area contributed by atoms with E-state index >= 15 is 0 Å². The summed E-state index contributed by atoms with van der Waals surface area (Å²) in [4.78, 5) is 10.6. The van der Waals surface area contributed by atoms with E-state index in [1.165, 1.54) is 48.7 Å². The Balaban J connectivity index is 1.04. The first kappa shape index (κ1) is 42.2. The SMILES string of the molecule is c1ccc(-c2cc(-c3cccc4c5c(ccc6c7ccccc7n(-c7ccc8c(c7)c7c(ccc9c%10ccccc%10n(-c%10ccccc%10)c97)n8-c7ccccc7)c65)n(-c5ccccc5)c34)nc(-c3ccccc3)n2)cc1. The van der Waals surface area contributed by atoms with Crippen molar-refractivity contribution in [3.63, 3.8) is 0 Å². The van der Waals surface area contributed by atoms with E-state index in [0.717, 1.165) is 89.3 Å². The molecule has 0 bridgehead atoms. The Morgan fingerprint density at radius 1 is 0.237 bits per heavy atom. The Bertz CT molecular complexity index is 4890. The fraction of sp³-hybridized carbons (Fsp3) is 0. The van der Waals surface area contributed by atoms with Gasteiger partial charge in [-0.3, -0.25) is 0 Å². The fourth-order valence-electron chi connectivity index (χ4n) is 12.4. The molecule has 6 nitrogen and oxygen atoms in total. The molecule has 16 aromatic rings. The number of nitrogens with zero attached hydrogens (tertiary/aromatic N) is 6. The lowest BCUT2D eigenvalue weighted by Crippen LogP contribution is -1.99. The van der Waals surface area contributed by atoms with Crippen molar-refractivity contribution < 1.29 is 0 Å². The summed E-state index contributed by atoms with van der Waals surface area (Å²) in [6.45, 7) is 0. The number of hydrogen-bond donors (Lipinski definition) is 0. The molecule has 0 amide bonds. The molecule has 0 N–H and O–H groups in total. The second-order valence-corrected chi connectivity index (χ2v) is 19.7. The summed E-state index contributed by atoms with van der Waals surface area (Å²) in [5.74, 6) is 0.685. The quantitative estimate of drug-likeness (QED) is 0.160. The minimum absolute atomic E-state index is 0.685. The number of rotatable bonds is 7. The van der Waals surface area contributed by atoms with Crippen LogP contribution in [-0.2, 0) is 0 Å². The van der Waals surface area contributed by atoms with Crippen molar-refractivity contribution in [2.24, 2.45) is 0 Å². The van der Waals surface area contributed by atoms with Crippen LogP contribution in [0.1, 0.15) is 0 Å². The van der Waals surface area contributed by atoms with Crippen LogP contribution in [0.25, 0.3) is 144 Å². The predicted octanol–water partition coefficient (Wildman–Crippen LogP) is 17.9. The van der Waals surface area contributed by atoms with Gasteiger partial charge in [0.15, 0.2) is 5.82 Å². The zero-order valence-electron chi connectivity index (χ0n) is 41.1. The molecule has 0 aliphatic heterocycles. The highest BCUT2D eigenvalue weighted by atomic mass is 15.0. The highest BCUT2D eigenvalue weighted by molar-refractivity contribution is 6.29. The molecule has 0 fully saturated rings. The van der Waals surface area contributed by atoms with Crippen LogP contribution in [0, 0.1) is 0 Å². The molecule has 0 atom stereocenters. The number of fused-ring (bicyclic) bond motifs is 14. The zero-order chi connectivity index (χ0) is 49.8. The van der Waals surface area contributed by atoms with Crippen molar-refractivity contribution in [2.45, 2.75) is 0 Å². The van der Waals surface area contributed by atoms with Gasteiger partial charge in [0, 0.05) is 82.5 Å². The summed E-state index contributed by atoms with van der Waals surface area (Å²) in [6, 6.07) is 96.2. The van der Waals surface area contributed by atoms with Crippen LogP contribution in [0.5, 0.6) is 0 Å². The van der Waals surface area contributed by atoms with Gasteiger partial charge in [-0.1, -0.05) is 182 Å². The molecular formula is C70H44N6. The molecule has 5 heterocycles. The van der Waals surface area contributed by atoms with Crippen LogP contribution in [0.4, 0.5) is 0 Å². The minimum Gasteiger partial charge on any atom is -0.309 e. The van der Waals surface area contributed by atoms with Crippen LogP contribution in [0.15, 0.2) is 267 Å². The Labute approximate surface area is 436 Å². The second-order valence-electron chi connectivity index (χ2n) is 19.7. The highest BCUT2D eigenvalue weighted by Gasteiger charge is 2.26. The van der Waals surface area contributed by atoms with Crippen LogP contribution in [0.2, 0.25) is 0 Å². The van der Waals surface area contributed by atoms with E-state index in [2.05, 4.69) is 273 Å². The van der Waals surface area contributed by atoms with E-state index in [0.29, 0.717) is 5.82 Å². The van der Waals surface area contributed by atoms with Gasteiger partial charge in [-0.2, -0.15) is 0 Å². The maximum absolute atomic E-state index is 5.42. The first-order valence-corrected chi connectivity index (χ1v) is 25.9. The van der Waals surface area contributed by atoms with Gasteiger partial charge in [-0.25, -0.2) is 9.97 Å². The zero-order valence-corrected chi connectivity index (χ0v) is 41.1. The van der Waals surface area contributed by atoms with E-state index in [9.17, 15) is 0 Å². The maximum Gasteiger partial charge on any atom is 0.160 e. The molecule has 11 aromatic carbocycles. The van der Waals surface area contributed by atoms with Crippen molar-refractivity contribution in [1.29, 1.82) is 0 Å². The molecule has 16 rings (SSSR count). The van der Waals surface area contributed by atoms with Crippen LogP contribution in [-0.4, -0.2) is 28.2 Å². The lowest BCUT2D eigenvalue weighted by Gasteiger charge is -2.13. The lowest BCUT2D eigenvalue weighted by molar-refractivity contribution is 1.16.